The van der Waals surface area contributed by atoms with Gasteiger partial charge in [-0.2, -0.15) is 0 Å². The summed E-state index contributed by atoms with van der Waals surface area (Å²) in [6, 6.07) is 12.8. The molecule has 1 aliphatic carbocycles. The second kappa shape index (κ2) is 7.26. The van der Waals surface area contributed by atoms with Crippen LogP contribution in [0, 0.1) is 5.82 Å². The van der Waals surface area contributed by atoms with Gasteiger partial charge in [0.2, 0.25) is 0 Å². The van der Waals surface area contributed by atoms with E-state index >= 15 is 0 Å². The molecule has 4 heteroatoms. The van der Waals surface area contributed by atoms with Crippen LogP contribution in [-0.2, 0) is 23.2 Å². The molecule has 0 spiro atoms. The van der Waals surface area contributed by atoms with E-state index < -0.39 is 11.4 Å². The van der Waals surface area contributed by atoms with Crippen molar-refractivity contribution in [2.45, 2.75) is 51.0 Å². The topological polar surface area (TPSA) is 46.5 Å². The number of hydrogen-bond donors (Lipinski definition) is 1. The molecule has 1 N–H and O–H groups in total. The van der Waals surface area contributed by atoms with Crippen LogP contribution in [0.2, 0.25) is 0 Å². The third-order valence-corrected chi connectivity index (χ3v) is 5.16. The highest BCUT2D eigenvalue weighted by Crippen LogP contribution is 2.43. The number of rotatable bonds is 6. The average Bonchev–Trinajstić information content (AvgIpc) is 3.11. The molecular formula is C21H23FO3. The smallest absolute Gasteiger partial charge is 0.314 e. The Labute approximate surface area is 147 Å². The number of benzene rings is 2. The Morgan fingerprint density at radius 1 is 1.20 bits per heavy atom. The first-order chi connectivity index (χ1) is 12.1. The van der Waals surface area contributed by atoms with Gasteiger partial charge in [0.05, 0.1) is 5.41 Å². The summed E-state index contributed by atoms with van der Waals surface area (Å²) in [7, 11) is 0. The summed E-state index contributed by atoms with van der Waals surface area (Å²) in [5, 5.41) is 9.77. The first kappa shape index (κ1) is 17.5. The van der Waals surface area contributed by atoms with Crippen LogP contribution in [0.3, 0.4) is 0 Å². The van der Waals surface area contributed by atoms with Crippen LogP contribution in [0.4, 0.5) is 4.39 Å². The minimum absolute atomic E-state index is 0.330. The largest absolute Gasteiger partial charge is 0.489 e. The molecular weight excluding hydrogens is 319 g/mol. The fourth-order valence-corrected chi connectivity index (χ4v) is 3.70. The number of ether oxygens (including phenoxy) is 1. The van der Waals surface area contributed by atoms with Crippen molar-refractivity contribution in [3.8, 4) is 5.75 Å². The molecule has 0 aromatic heterocycles. The number of aliphatic carboxylic acids is 1. The summed E-state index contributed by atoms with van der Waals surface area (Å²) in [6.45, 7) is 2.20. The van der Waals surface area contributed by atoms with Gasteiger partial charge < -0.3 is 9.84 Å². The van der Waals surface area contributed by atoms with E-state index in [1.165, 1.54) is 6.07 Å². The van der Waals surface area contributed by atoms with Gasteiger partial charge in [0.15, 0.2) is 0 Å². The summed E-state index contributed by atoms with van der Waals surface area (Å²) in [5.74, 6) is -0.799. The van der Waals surface area contributed by atoms with Crippen molar-refractivity contribution in [3.05, 3.63) is 65.0 Å². The van der Waals surface area contributed by atoms with E-state index in [1.54, 1.807) is 6.07 Å². The Bertz CT molecular complexity index is 749. The van der Waals surface area contributed by atoms with Crippen LogP contribution >= 0.6 is 0 Å². The molecule has 0 radical (unpaired) electrons. The monoisotopic (exact) mass is 342 g/mol. The zero-order valence-corrected chi connectivity index (χ0v) is 14.4. The molecule has 1 saturated carbocycles. The van der Waals surface area contributed by atoms with E-state index in [-0.39, 0.29) is 5.82 Å². The predicted octanol–water partition coefficient (Wildman–Crippen LogP) is 4.86. The van der Waals surface area contributed by atoms with Gasteiger partial charge in [-0.1, -0.05) is 50.1 Å². The Balaban J connectivity index is 1.96. The number of hydrogen-bond acceptors (Lipinski definition) is 2. The molecule has 0 amide bonds. The second-order valence-corrected chi connectivity index (χ2v) is 6.66. The van der Waals surface area contributed by atoms with Crippen LogP contribution in [-0.4, -0.2) is 11.1 Å². The van der Waals surface area contributed by atoms with Crippen LogP contribution in [0.5, 0.6) is 5.75 Å². The molecule has 2 aromatic rings. The third kappa shape index (κ3) is 3.39. The first-order valence-corrected chi connectivity index (χ1v) is 8.80. The molecule has 0 atom stereocenters. The van der Waals surface area contributed by atoms with Gasteiger partial charge in [-0.3, -0.25) is 4.79 Å². The van der Waals surface area contributed by atoms with E-state index in [2.05, 4.69) is 0 Å². The van der Waals surface area contributed by atoms with Crippen molar-refractivity contribution in [2.24, 2.45) is 0 Å². The van der Waals surface area contributed by atoms with Gasteiger partial charge in [-0.15, -0.1) is 0 Å². The molecule has 0 aliphatic heterocycles. The van der Waals surface area contributed by atoms with Gasteiger partial charge in [-0.05, 0) is 42.5 Å². The summed E-state index contributed by atoms with van der Waals surface area (Å²) in [5.41, 5.74) is 1.02. The highest BCUT2D eigenvalue weighted by molar-refractivity contribution is 5.82. The summed E-state index contributed by atoms with van der Waals surface area (Å²) < 4.78 is 20.5. The number of carboxylic acids is 1. The molecule has 3 rings (SSSR count). The maximum Gasteiger partial charge on any atom is 0.314 e. The number of halogens is 1. The summed E-state index contributed by atoms with van der Waals surface area (Å²) >= 11 is 0. The van der Waals surface area contributed by atoms with Crippen LogP contribution in [0.15, 0.2) is 42.5 Å². The maximum absolute atomic E-state index is 14.7. The van der Waals surface area contributed by atoms with Crippen molar-refractivity contribution in [3.63, 3.8) is 0 Å². The average molecular weight is 342 g/mol. The molecule has 2 aromatic carbocycles. The Hall–Kier alpha value is -2.36. The Kier molecular flexibility index (Phi) is 5.07. The van der Waals surface area contributed by atoms with E-state index in [0.717, 1.165) is 18.4 Å². The zero-order chi connectivity index (χ0) is 17.9. The van der Waals surface area contributed by atoms with Gasteiger partial charge >= 0.3 is 5.97 Å². The lowest BCUT2D eigenvalue weighted by Crippen LogP contribution is -2.32. The summed E-state index contributed by atoms with van der Waals surface area (Å²) in [4.78, 5) is 11.9. The lowest BCUT2D eigenvalue weighted by molar-refractivity contribution is -0.143. The fraction of sp³-hybridized carbons (Fsp3) is 0.381. The van der Waals surface area contributed by atoms with Crippen LogP contribution in [0.25, 0.3) is 0 Å². The highest BCUT2D eigenvalue weighted by Gasteiger charge is 2.43. The minimum Gasteiger partial charge on any atom is -0.489 e. The van der Waals surface area contributed by atoms with Crippen molar-refractivity contribution in [2.75, 3.05) is 0 Å². The minimum atomic E-state index is -0.988. The van der Waals surface area contributed by atoms with E-state index in [1.807, 2.05) is 37.3 Å². The van der Waals surface area contributed by atoms with E-state index in [4.69, 9.17) is 4.74 Å². The molecule has 25 heavy (non-hydrogen) atoms. The van der Waals surface area contributed by atoms with Gasteiger partial charge in [0, 0.05) is 5.56 Å². The maximum atomic E-state index is 14.7. The SMILES string of the molecule is CCc1c(F)cc(C2(C(=O)O)CCCC2)cc1OCc1ccccc1. The third-order valence-electron chi connectivity index (χ3n) is 5.16. The van der Waals surface area contributed by atoms with Crippen LogP contribution < -0.4 is 4.74 Å². The van der Waals surface area contributed by atoms with Crippen molar-refractivity contribution in [1.82, 2.24) is 0 Å². The normalized spacial score (nSPS) is 15.9. The van der Waals surface area contributed by atoms with E-state index in [0.29, 0.717) is 42.7 Å². The van der Waals surface area contributed by atoms with Gasteiger partial charge in [0.25, 0.3) is 0 Å². The fourth-order valence-electron chi connectivity index (χ4n) is 3.70. The lowest BCUT2D eigenvalue weighted by Gasteiger charge is -2.26. The number of carbonyl (C=O) groups is 1. The molecule has 3 nitrogen and oxygen atoms in total. The van der Waals surface area contributed by atoms with Crippen molar-refractivity contribution in [1.29, 1.82) is 0 Å². The quantitative estimate of drug-likeness (QED) is 0.815. The lowest BCUT2D eigenvalue weighted by atomic mass is 9.78. The second-order valence-electron chi connectivity index (χ2n) is 6.66. The molecule has 132 valence electrons. The van der Waals surface area contributed by atoms with Crippen LogP contribution in [0.1, 0.15) is 49.3 Å². The Morgan fingerprint density at radius 2 is 1.88 bits per heavy atom. The van der Waals surface area contributed by atoms with Crippen molar-refractivity contribution >= 4 is 5.97 Å². The standard InChI is InChI=1S/C21H23FO3/c1-2-17-18(22)12-16(21(20(23)24)10-6-7-11-21)13-19(17)25-14-15-8-4-3-5-9-15/h3-5,8-9,12-13H,2,6-7,10-11,14H2,1H3,(H,23,24). The van der Waals surface area contributed by atoms with Gasteiger partial charge in [-0.25, -0.2) is 4.39 Å². The summed E-state index contributed by atoms with van der Waals surface area (Å²) in [6.07, 6.45) is 3.29. The Morgan fingerprint density at radius 3 is 2.48 bits per heavy atom. The van der Waals surface area contributed by atoms with Gasteiger partial charge in [0.1, 0.15) is 18.2 Å². The zero-order valence-electron chi connectivity index (χ0n) is 14.4. The molecule has 0 saturated heterocycles. The van der Waals surface area contributed by atoms with Crippen molar-refractivity contribution < 1.29 is 19.0 Å². The molecule has 0 bridgehead atoms. The number of carboxylic acid groups (broad SMARTS) is 1. The molecule has 0 heterocycles. The van der Waals surface area contributed by atoms with E-state index in [9.17, 15) is 14.3 Å². The predicted molar refractivity (Wildman–Crippen MR) is 94.3 cm³/mol. The first-order valence-electron chi connectivity index (χ1n) is 8.80. The molecule has 0 unspecified atom stereocenters. The molecule has 1 fully saturated rings. The highest BCUT2D eigenvalue weighted by atomic mass is 19.1. The molecule has 1 aliphatic rings.